The largest absolute Gasteiger partial charge is 0.436 e. The Balaban J connectivity index is 1.76. The third-order valence-electron chi connectivity index (χ3n) is 4.29. The molecule has 26 heavy (non-hydrogen) atoms. The summed E-state index contributed by atoms with van der Waals surface area (Å²) in [7, 11) is 1.58. The fourth-order valence-electron chi connectivity index (χ4n) is 2.75. The van der Waals surface area contributed by atoms with Crippen LogP contribution in [0, 0.1) is 0 Å². The van der Waals surface area contributed by atoms with E-state index in [9.17, 15) is 18.0 Å². The van der Waals surface area contributed by atoms with E-state index in [1.165, 1.54) is 4.90 Å². The van der Waals surface area contributed by atoms with Crippen LogP contribution in [-0.4, -0.2) is 37.4 Å². The number of halogens is 4. The number of hydrogen-bond acceptors (Lipinski definition) is 3. The number of hydrogen-bond donors (Lipinski definition) is 0. The number of alkyl halides is 3. The lowest BCUT2D eigenvalue weighted by Crippen LogP contribution is -2.31. The van der Waals surface area contributed by atoms with Gasteiger partial charge in [-0.3, -0.25) is 14.2 Å². The van der Waals surface area contributed by atoms with Gasteiger partial charge in [0, 0.05) is 25.7 Å². The van der Waals surface area contributed by atoms with Crippen molar-refractivity contribution in [3.8, 4) is 0 Å². The summed E-state index contributed by atoms with van der Waals surface area (Å²) in [6.07, 6.45) is -1.34. The molecule has 3 rings (SSSR count). The Morgan fingerprint density at radius 3 is 2.62 bits per heavy atom. The van der Waals surface area contributed by atoms with Crippen molar-refractivity contribution in [1.82, 2.24) is 24.5 Å². The molecule has 0 radical (unpaired) electrons. The minimum Gasteiger partial charge on any atom is -0.338 e. The Labute approximate surface area is 153 Å². The SMILES string of the molecule is CCn1ccc(CN(C)C(=O)Cn2nc(C(F)(F)F)c(Cl)c2C2CC2)n1. The van der Waals surface area contributed by atoms with Crippen molar-refractivity contribution in [1.29, 1.82) is 0 Å². The summed E-state index contributed by atoms with van der Waals surface area (Å²) in [4.78, 5) is 13.9. The third-order valence-corrected chi connectivity index (χ3v) is 4.67. The molecular weight excluding hydrogens is 371 g/mol. The normalized spacial score (nSPS) is 14.7. The zero-order valence-corrected chi connectivity index (χ0v) is 15.2. The molecule has 0 N–H and O–H groups in total. The molecule has 0 unspecified atom stereocenters. The summed E-state index contributed by atoms with van der Waals surface area (Å²) in [5.41, 5.74) is -0.117. The van der Waals surface area contributed by atoms with E-state index in [2.05, 4.69) is 10.2 Å². The highest BCUT2D eigenvalue weighted by Gasteiger charge is 2.42. The number of aryl methyl sites for hydroxylation is 1. The van der Waals surface area contributed by atoms with E-state index < -0.39 is 16.9 Å². The first-order valence-corrected chi connectivity index (χ1v) is 8.68. The summed E-state index contributed by atoms with van der Waals surface area (Å²) in [5.74, 6) is -0.421. The lowest BCUT2D eigenvalue weighted by atomic mass is 10.2. The van der Waals surface area contributed by atoms with Crippen molar-refractivity contribution < 1.29 is 18.0 Å². The lowest BCUT2D eigenvalue weighted by Gasteiger charge is -2.17. The molecule has 6 nitrogen and oxygen atoms in total. The van der Waals surface area contributed by atoms with Gasteiger partial charge < -0.3 is 4.90 Å². The van der Waals surface area contributed by atoms with E-state index >= 15 is 0 Å². The topological polar surface area (TPSA) is 56.0 Å². The summed E-state index contributed by atoms with van der Waals surface area (Å²) in [5, 5.41) is 7.48. The Kier molecular flexibility index (Phi) is 5.01. The van der Waals surface area contributed by atoms with Crippen molar-refractivity contribution in [2.45, 2.75) is 51.5 Å². The molecule has 1 fully saturated rings. The Hall–Kier alpha value is -2.03. The van der Waals surface area contributed by atoms with Gasteiger partial charge in [0.1, 0.15) is 6.54 Å². The molecule has 1 aliphatic rings. The van der Waals surface area contributed by atoms with Crippen LogP contribution in [0.15, 0.2) is 12.3 Å². The average Bonchev–Trinajstić information content (AvgIpc) is 3.19. The van der Waals surface area contributed by atoms with Gasteiger partial charge in [-0.1, -0.05) is 11.6 Å². The minimum atomic E-state index is -4.64. The van der Waals surface area contributed by atoms with E-state index in [4.69, 9.17) is 11.6 Å². The molecule has 1 saturated carbocycles. The van der Waals surface area contributed by atoms with Crippen molar-refractivity contribution >= 4 is 17.5 Å². The number of carbonyl (C=O) groups is 1. The summed E-state index contributed by atoms with van der Waals surface area (Å²) in [6, 6.07) is 1.80. The van der Waals surface area contributed by atoms with Crippen LogP contribution in [-0.2, 0) is 30.6 Å². The first kappa shape index (κ1) is 18.8. The molecule has 0 spiro atoms. The second kappa shape index (κ2) is 6.94. The van der Waals surface area contributed by atoms with Crippen LogP contribution in [0.25, 0.3) is 0 Å². The lowest BCUT2D eigenvalue weighted by molar-refractivity contribution is -0.142. The van der Waals surface area contributed by atoms with Crippen molar-refractivity contribution in [2.75, 3.05) is 7.05 Å². The molecule has 0 bridgehead atoms. The van der Waals surface area contributed by atoms with Gasteiger partial charge in [0.2, 0.25) is 5.91 Å². The van der Waals surface area contributed by atoms with E-state index in [0.717, 1.165) is 17.5 Å². The first-order valence-electron chi connectivity index (χ1n) is 8.30. The van der Waals surface area contributed by atoms with Crippen LogP contribution in [0.5, 0.6) is 0 Å². The molecular formula is C16H19ClF3N5O. The molecule has 1 amide bonds. The third kappa shape index (κ3) is 3.87. The second-order valence-corrected chi connectivity index (χ2v) is 6.77. The van der Waals surface area contributed by atoms with E-state index in [0.29, 0.717) is 17.9 Å². The number of rotatable bonds is 6. The van der Waals surface area contributed by atoms with Crippen LogP contribution in [0.4, 0.5) is 13.2 Å². The molecule has 0 aromatic carbocycles. The van der Waals surface area contributed by atoms with Gasteiger partial charge in [0.25, 0.3) is 0 Å². The van der Waals surface area contributed by atoms with Crippen LogP contribution < -0.4 is 0 Å². The molecule has 2 aromatic rings. The maximum atomic E-state index is 13.1. The van der Waals surface area contributed by atoms with E-state index in [1.807, 2.05) is 13.1 Å². The number of nitrogens with zero attached hydrogens (tertiary/aromatic N) is 5. The summed E-state index contributed by atoms with van der Waals surface area (Å²) < 4.78 is 42.1. The molecule has 1 aliphatic carbocycles. The second-order valence-electron chi connectivity index (χ2n) is 6.39. The number of amides is 1. The fraction of sp³-hybridized carbons (Fsp3) is 0.562. The standard InChI is InChI=1S/C16H19ClF3N5O/c1-3-24-7-6-11(21-24)8-23(2)12(26)9-25-14(10-4-5-10)13(17)15(22-25)16(18,19)20/h6-7,10H,3-5,8-9H2,1-2H3. The maximum absolute atomic E-state index is 13.1. The Morgan fingerprint density at radius 1 is 1.38 bits per heavy atom. The molecule has 0 aliphatic heterocycles. The van der Waals surface area contributed by atoms with Gasteiger partial charge in [-0.05, 0) is 25.8 Å². The van der Waals surface area contributed by atoms with E-state index in [1.54, 1.807) is 17.8 Å². The number of carbonyl (C=O) groups excluding carboxylic acids is 1. The summed E-state index contributed by atoms with van der Waals surface area (Å²) in [6.45, 7) is 2.65. The van der Waals surface area contributed by atoms with Gasteiger partial charge in [0.05, 0.1) is 23.0 Å². The predicted molar refractivity (Wildman–Crippen MR) is 88.6 cm³/mol. The quantitative estimate of drug-likeness (QED) is 0.761. The van der Waals surface area contributed by atoms with Crippen molar-refractivity contribution in [3.63, 3.8) is 0 Å². The number of likely N-dealkylation sites (N-methyl/N-ethyl adjacent to an activating group) is 1. The van der Waals surface area contributed by atoms with Gasteiger partial charge in [-0.25, -0.2) is 0 Å². The molecule has 0 atom stereocenters. The highest BCUT2D eigenvalue weighted by atomic mass is 35.5. The van der Waals surface area contributed by atoms with Crippen LogP contribution in [0.3, 0.4) is 0 Å². The molecule has 2 heterocycles. The minimum absolute atomic E-state index is 0.0653. The van der Waals surface area contributed by atoms with Gasteiger partial charge in [-0.15, -0.1) is 0 Å². The highest BCUT2D eigenvalue weighted by Crippen LogP contribution is 2.46. The molecule has 10 heteroatoms. The Bertz CT molecular complexity index is 809. The van der Waals surface area contributed by atoms with Crippen LogP contribution >= 0.6 is 11.6 Å². The highest BCUT2D eigenvalue weighted by molar-refractivity contribution is 6.32. The predicted octanol–water partition coefficient (Wildman–Crippen LogP) is 3.31. The maximum Gasteiger partial charge on any atom is 0.436 e. The molecule has 0 saturated heterocycles. The van der Waals surface area contributed by atoms with E-state index in [-0.39, 0.29) is 24.9 Å². The van der Waals surface area contributed by atoms with Crippen molar-refractivity contribution in [2.24, 2.45) is 0 Å². The van der Waals surface area contributed by atoms with Gasteiger partial charge in [-0.2, -0.15) is 23.4 Å². The van der Waals surface area contributed by atoms with Gasteiger partial charge >= 0.3 is 6.18 Å². The van der Waals surface area contributed by atoms with Crippen LogP contribution in [0.1, 0.15) is 42.8 Å². The zero-order chi connectivity index (χ0) is 19.1. The number of aromatic nitrogens is 4. The van der Waals surface area contributed by atoms with Crippen LogP contribution in [0.2, 0.25) is 5.02 Å². The average molecular weight is 390 g/mol. The molecule has 142 valence electrons. The fourth-order valence-corrected chi connectivity index (χ4v) is 3.14. The van der Waals surface area contributed by atoms with Crippen molar-refractivity contribution in [3.05, 3.63) is 34.4 Å². The van der Waals surface area contributed by atoms with Gasteiger partial charge in [0.15, 0.2) is 5.69 Å². The first-order chi connectivity index (χ1) is 12.2. The summed E-state index contributed by atoms with van der Waals surface area (Å²) >= 11 is 5.92. The molecule has 2 aromatic heterocycles. The monoisotopic (exact) mass is 389 g/mol. The smallest absolute Gasteiger partial charge is 0.338 e. The Morgan fingerprint density at radius 2 is 2.08 bits per heavy atom. The zero-order valence-electron chi connectivity index (χ0n) is 14.4.